The SMILES string of the molecule is [2H]C([2H])([2H])N(C)C(=O)c1ccc(-c2c[nH]c3ncc(-c4cc(C)c5c(c4)CCN(C)C5)nc23)cc1C. The van der Waals surface area contributed by atoms with Gasteiger partial charge in [-0.2, -0.15) is 0 Å². The molecule has 0 aliphatic carbocycles. The summed E-state index contributed by atoms with van der Waals surface area (Å²) in [4.78, 5) is 28.6. The smallest absolute Gasteiger partial charge is 0.253 e. The second-order valence-electron chi connectivity index (χ2n) is 8.97. The molecular formula is C27H29N5O. The largest absolute Gasteiger partial charge is 0.345 e. The molecule has 2 aromatic carbocycles. The molecule has 3 heterocycles. The number of carbonyl (C=O) groups is 1. The molecule has 0 bridgehead atoms. The van der Waals surface area contributed by atoms with Gasteiger partial charge < -0.3 is 14.8 Å². The number of likely N-dealkylation sites (N-methyl/N-ethyl adjacent to an activating group) is 1. The summed E-state index contributed by atoms with van der Waals surface area (Å²) in [6, 6.07) is 9.81. The van der Waals surface area contributed by atoms with Crippen LogP contribution in [0.1, 0.15) is 36.7 Å². The van der Waals surface area contributed by atoms with E-state index in [2.05, 4.69) is 41.0 Å². The molecule has 0 atom stereocenters. The van der Waals surface area contributed by atoms with Crippen LogP contribution in [-0.4, -0.2) is 58.3 Å². The van der Waals surface area contributed by atoms with Gasteiger partial charge in [0.05, 0.1) is 11.9 Å². The van der Waals surface area contributed by atoms with Gasteiger partial charge >= 0.3 is 0 Å². The van der Waals surface area contributed by atoms with Crippen LogP contribution in [0.15, 0.2) is 42.7 Å². The summed E-state index contributed by atoms with van der Waals surface area (Å²) in [5.41, 5.74) is 10.2. The van der Waals surface area contributed by atoms with E-state index >= 15 is 0 Å². The zero-order valence-corrected chi connectivity index (χ0v) is 19.4. The number of H-pyrrole nitrogens is 1. The first-order chi connectivity index (χ1) is 17.0. The minimum atomic E-state index is -2.49. The lowest BCUT2D eigenvalue weighted by Gasteiger charge is -2.27. The van der Waals surface area contributed by atoms with Gasteiger partial charge in [-0.05, 0) is 73.3 Å². The average Bonchev–Trinajstić information content (AvgIpc) is 3.26. The summed E-state index contributed by atoms with van der Waals surface area (Å²) in [5.74, 6) is -0.533. The van der Waals surface area contributed by atoms with Crippen molar-refractivity contribution in [3.05, 3.63) is 70.5 Å². The van der Waals surface area contributed by atoms with Gasteiger partial charge in [0.1, 0.15) is 5.52 Å². The van der Waals surface area contributed by atoms with E-state index in [0.29, 0.717) is 16.8 Å². The zero-order valence-electron chi connectivity index (χ0n) is 22.4. The summed E-state index contributed by atoms with van der Waals surface area (Å²) < 4.78 is 22.5. The molecule has 1 aliphatic rings. The van der Waals surface area contributed by atoms with Crippen molar-refractivity contribution < 1.29 is 8.91 Å². The van der Waals surface area contributed by atoms with E-state index in [1.807, 2.05) is 25.3 Å². The van der Waals surface area contributed by atoms with Crippen molar-refractivity contribution in [3.63, 3.8) is 0 Å². The number of fused-ring (bicyclic) bond motifs is 2. The molecule has 0 saturated heterocycles. The number of aryl methyl sites for hydroxylation is 2. The van der Waals surface area contributed by atoms with Crippen molar-refractivity contribution in [2.24, 2.45) is 0 Å². The summed E-state index contributed by atoms with van der Waals surface area (Å²) in [6.45, 7) is 3.49. The highest BCUT2D eigenvalue weighted by Crippen LogP contribution is 2.32. The van der Waals surface area contributed by atoms with Gasteiger partial charge in [0.25, 0.3) is 5.91 Å². The second-order valence-corrected chi connectivity index (χ2v) is 8.97. The normalized spacial score (nSPS) is 15.6. The van der Waals surface area contributed by atoms with E-state index in [1.165, 1.54) is 23.7 Å². The van der Waals surface area contributed by atoms with Crippen molar-refractivity contribution in [1.82, 2.24) is 24.8 Å². The lowest BCUT2D eigenvalue weighted by Crippen LogP contribution is -2.27. The Morgan fingerprint density at radius 1 is 1.18 bits per heavy atom. The van der Waals surface area contributed by atoms with Crippen molar-refractivity contribution in [2.45, 2.75) is 26.8 Å². The number of hydrogen-bond acceptors (Lipinski definition) is 4. The van der Waals surface area contributed by atoms with Crippen LogP contribution < -0.4 is 0 Å². The van der Waals surface area contributed by atoms with Gasteiger partial charge in [-0.25, -0.2) is 9.97 Å². The van der Waals surface area contributed by atoms with E-state index in [9.17, 15) is 4.79 Å². The molecule has 0 unspecified atom stereocenters. The fourth-order valence-corrected chi connectivity index (χ4v) is 4.65. The molecule has 5 rings (SSSR count). The standard InChI is InChI=1S/C27H29N5O/c1-16-10-18(6-7-21(16)27(33)31(3)4)22-13-28-26-25(22)30-24(14-29-26)20-11-17(2)23-15-32(5)9-8-19(23)12-20/h6-7,10-14H,8-9,15H2,1-5H3,(H,28,29)/i3D3. The number of nitrogens with one attached hydrogen (secondary N) is 1. The lowest BCUT2D eigenvalue weighted by atomic mass is 9.92. The van der Waals surface area contributed by atoms with E-state index in [0.717, 1.165) is 52.3 Å². The lowest BCUT2D eigenvalue weighted by molar-refractivity contribution is 0.0827. The molecule has 1 aliphatic heterocycles. The van der Waals surface area contributed by atoms with E-state index in [4.69, 9.17) is 9.10 Å². The Labute approximate surface area is 198 Å². The fourth-order valence-electron chi connectivity index (χ4n) is 4.65. The summed E-state index contributed by atoms with van der Waals surface area (Å²) in [7, 11) is 3.44. The number of carbonyl (C=O) groups excluding carboxylic acids is 1. The van der Waals surface area contributed by atoms with Gasteiger partial charge in [-0.1, -0.05) is 12.1 Å². The Morgan fingerprint density at radius 3 is 2.79 bits per heavy atom. The van der Waals surface area contributed by atoms with Crippen LogP contribution >= 0.6 is 0 Å². The molecule has 2 aromatic heterocycles. The van der Waals surface area contributed by atoms with Crippen LogP contribution in [-0.2, 0) is 13.0 Å². The maximum absolute atomic E-state index is 12.7. The van der Waals surface area contributed by atoms with Crippen LogP contribution in [0.4, 0.5) is 0 Å². The Kier molecular flexibility index (Phi) is 4.42. The number of aromatic nitrogens is 3. The molecule has 1 N–H and O–H groups in total. The molecule has 1 amide bonds. The summed E-state index contributed by atoms with van der Waals surface area (Å²) in [6.07, 6.45) is 4.69. The Bertz CT molecular complexity index is 1490. The van der Waals surface area contributed by atoms with Crippen LogP contribution in [0.2, 0.25) is 0 Å². The van der Waals surface area contributed by atoms with E-state index in [-0.39, 0.29) is 0 Å². The van der Waals surface area contributed by atoms with Gasteiger partial charge in [-0.3, -0.25) is 4.79 Å². The monoisotopic (exact) mass is 442 g/mol. The van der Waals surface area contributed by atoms with Crippen LogP contribution in [0.5, 0.6) is 0 Å². The van der Waals surface area contributed by atoms with E-state index in [1.54, 1.807) is 12.3 Å². The topological polar surface area (TPSA) is 65.1 Å². The molecule has 6 heteroatoms. The Hall–Kier alpha value is -3.51. The minimum Gasteiger partial charge on any atom is -0.345 e. The minimum absolute atomic E-state index is 0.360. The predicted molar refractivity (Wildman–Crippen MR) is 132 cm³/mol. The molecule has 6 nitrogen and oxygen atoms in total. The maximum Gasteiger partial charge on any atom is 0.253 e. The van der Waals surface area contributed by atoms with Crippen LogP contribution in [0.25, 0.3) is 33.5 Å². The summed E-state index contributed by atoms with van der Waals surface area (Å²) >= 11 is 0. The third-order valence-corrected chi connectivity index (χ3v) is 6.51. The van der Waals surface area contributed by atoms with Gasteiger partial charge in [0.15, 0.2) is 5.65 Å². The Balaban J connectivity index is 1.52. The van der Waals surface area contributed by atoms with Crippen LogP contribution in [0, 0.1) is 13.8 Å². The van der Waals surface area contributed by atoms with Gasteiger partial charge in [0.2, 0.25) is 0 Å². The molecule has 168 valence electrons. The quantitative estimate of drug-likeness (QED) is 0.504. The second kappa shape index (κ2) is 8.12. The molecule has 0 spiro atoms. The maximum atomic E-state index is 12.7. The highest BCUT2D eigenvalue weighted by molar-refractivity contribution is 5.97. The third-order valence-electron chi connectivity index (χ3n) is 6.51. The van der Waals surface area contributed by atoms with Crippen molar-refractivity contribution >= 4 is 17.1 Å². The number of aromatic amines is 1. The number of benzene rings is 2. The first-order valence-electron chi connectivity index (χ1n) is 12.6. The highest BCUT2D eigenvalue weighted by Gasteiger charge is 2.18. The van der Waals surface area contributed by atoms with Crippen molar-refractivity contribution in [1.29, 1.82) is 0 Å². The molecule has 33 heavy (non-hydrogen) atoms. The first kappa shape index (κ1) is 18.0. The molecule has 4 aromatic rings. The van der Waals surface area contributed by atoms with Gasteiger partial charge in [-0.15, -0.1) is 0 Å². The first-order valence-corrected chi connectivity index (χ1v) is 11.1. The molecular weight excluding hydrogens is 410 g/mol. The zero-order chi connectivity index (χ0) is 25.8. The van der Waals surface area contributed by atoms with Crippen LogP contribution in [0.3, 0.4) is 0 Å². The average molecular weight is 443 g/mol. The fraction of sp³-hybridized carbons (Fsp3) is 0.296. The molecule has 0 saturated carbocycles. The molecule has 0 radical (unpaired) electrons. The number of hydrogen-bond donors (Lipinski definition) is 1. The van der Waals surface area contributed by atoms with Crippen molar-refractivity contribution in [3.8, 4) is 22.4 Å². The third kappa shape index (κ3) is 3.80. The van der Waals surface area contributed by atoms with E-state index < -0.39 is 12.9 Å². The predicted octanol–water partition coefficient (Wildman–Crippen LogP) is 4.60. The highest BCUT2D eigenvalue weighted by atomic mass is 16.2. The van der Waals surface area contributed by atoms with Crippen molar-refractivity contribution in [2.75, 3.05) is 27.6 Å². The number of rotatable bonds is 3. The summed E-state index contributed by atoms with van der Waals surface area (Å²) in [5, 5.41) is 0. The number of amides is 1. The molecule has 0 fully saturated rings. The number of nitrogens with zero attached hydrogens (tertiary/aromatic N) is 4. The Morgan fingerprint density at radius 2 is 2.00 bits per heavy atom. The van der Waals surface area contributed by atoms with Gasteiger partial charge in [0, 0.05) is 54.1 Å².